The number of carbonyl (C=O) groups excluding carboxylic acids is 1. The molecule has 0 aliphatic heterocycles. The molecule has 0 N–H and O–H groups in total. The number of rotatable bonds is 7. The van der Waals surface area contributed by atoms with Gasteiger partial charge in [0.05, 0.1) is 16.2 Å². The number of fused-ring (bicyclic) bond motifs is 1. The SMILES string of the molecule is O=CCCCCCn1c(-c2cccnc2)c(Cl)c2ccccc21. The van der Waals surface area contributed by atoms with E-state index in [1.165, 1.54) is 0 Å². The summed E-state index contributed by atoms with van der Waals surface area (Å²) < 4.78 is 2.27. The number of pyridine rings is 1. The van der Waals surface area contributed by atoms with E-state index >= 15 is 0 Å². The molecule has 1 aromatic carbocycles. The molecule has 0 bridgehead atoms. The van der Waals surface area contributed by atoms with Crippen LogP contribution in [0.2, 0.25) is 5.02 Å². The minimum Gasteiger partial charge on any atom is -0.339 e. The fraction of sp³-hybridized carbons (Fsp3) is 0.263. The summed E-state index contributed by atoms with van der Waals surface area (Å²) in [6.07, 6.45) is 8.25. The summed E-state index contributed by atoms with van der Waals surface area (Å²) >= 11 is 6.66. The van der Waals surface area contributed by atoms with Gasteiger partial charge < -0.3 is 9.36 Å². The Morgan fingerprint density at radius 2 is 1.96 bits per heavy atom. The zero-order chi connectivity index (χ0) is 16.1. The lowest BCUT2D eigenvalue weighted by molar-refractivity contribution is -0.107. The van der Waals surface area contributed by atoms with Gasteiger partial charge in [-0.05, 0) is 31.0 Å². The predicted molar refractivity (Wildman–Crippen MR) is 94.7 cm³/mol. The average Bonchev–Trinajstić information content (AvgIpc) is 2.88. The van der Waals surface area contributed by atoms with E-state index in [9.17, 15) is 4.79 Å². The van der Waals surface area contributed by atoms with Crippen LogP contribution in [-0.2, 0) is 11.3 Å². The van der Waals surface area contributed by atoms with Gasteiger partial charge in [-0.1, -0.05) is 36.2 Å². The molecule has 0 fully saturated rings. The molecule has 0 spiro atoms. The van der Waals surface area contributed by atoms with Crippen LogP contribution < -0.4 is 0 Å². The van der Waals surface area contributed by atoms with Crippen LogP contribution in [-0.4, -0.2) is 15.8 Å². The molecule has 2 heterocycles. The van der Waals surface area contributed by atoms with Crippen molar-refractivity contribution in [3.8, 4) is 11.3 Å². The highest BCUT2D eigenvalue weighted by Crippen LogP contribution is 2.37. The van der Waals surface area contributed by atoms with Crippen molar-refractivity contribution in [3.05, 3.63) is 53.8 Å². The second-order valence-corrected chi connectivity index (χ2v) is 5.97. The second kappa shape index (κ2) is 7.42. The number of hydrogen-bond acceptors (Lipinski definition) is 2. The van der Waals surface area contributed by atoms with Crippen LogP contribution >= 0.6 is 11.6 Å². The number of benzene rings is 1. The zero-order valence-corrected chi connectivity index (χ0v) is 13.7. The number of aldehydes is 1. The van der Waals surface area contributed by atoms with E-state index in [4.69, 9.17) is 11.6 Å². The highest BCUT2D eigenvalue weighted by molar-refractivity contribution is 6.38. The molecule has 0 radical (unpaired) electrons. The van der Waals surface area contributed by atoms with E-state index in [0.717, 1.165) is 59.3 Å². The number of unbranched alkanes of at least 4 members (excludes halogenated alkanes) is 3. The summed E-state index contributed by atoms with van der Waals surface area (Å²) in [6, 6.07) is 12.2. The molecule has 0 aliphatic carbocycles. The van der Waals surface area contributed by atoms with E-state index in [-0.39, 0.29) is 0 Å². The van der Waals surface area contributed by atoms with Gasteiger partial charge in [0.1, 0.15) is 6.29 Å². The quantitative estimate of drug-likeness (QED) is 0.446. The van der Waals surface area contributed by atoms with Crippen LogP contribution in [0.1, 0.15) is 25.7 Å². The van der Waals surface area contributed by atoms with Crippen molar-refractivity contribution in [2.24, 2.45) is 0 Å². The number of carbonyl (C=O) groups is 1. The first kappa shape index (κ1) is 15.8. The van der Waals surface area contributed by atoms with Crippen molar-refractivity contribution < 1.29 is 4.79 Å². The van der Waals surface area contributed by atoms with Crippen molar-refractivity contribution in [1.29, 1.82) is 0 Å². The van der Waals surface area contributed by atoms with Crippen molar-refractivity contribution in [1.82, 2.24) is 9.55 Å². The highest BCUT2D eigenvalue weighted by Gasteiger charge is 2.16. The summed E-state index contributed by atoms with van der Waals surface area (Å²) in [7, 11) is 0. The lowest BCUT2D eigenvalue weighted by Crippen LogP contribution is -2.00. The third-order valence-electron chi connectivity index (χ3n) is 4.05. The molecule has 0 amide bonds. The topological polar surface area (TPSA) is 34.9 Å². The Morgan fingerprint density at radius 3 is 2.74 bits per heavy atom. The fourth-order valence-corrected chi connectivity index (χ4v) is 3.32. The van der Waals surface area contributed by atoms with Crippen LogP contribution in [0.15, 0.2) is 48.8 Å². The molecule has 4 heteroatoms. The smallest absolute Gasteiger partial charge is 0.119 e. The molecule has 23 heavy (non-hydrogen) atoms. The number of hydrogen-bond donors (Lipinski definition) is 0. The van der Waals surface area contributed by atoms with Crippen LogP contribution in [0, 0.1) is 0 Å². The monoisotopic (exact) mass is 326 g/mol. The number of aryl methyl sites for hydroxylation is 1. The largest absolute Gasteiger partial charge is 0.339 e. The summed E-state index contributed by atoms with van der Waals surface area (Å²) in [5.41, 5.74) is 3.20. The summed E-state index contributed by atoms with van der Waals surface area (Å²) in [5.74, 6) is 0. The Bertz CT molecular complexity index is 796. The first-order valence-corrected chi connectivity index (χ1v) is 8.31. The van der Waals surface area contributed by atoms with Gasteiger partial charge >= 0.3 is 0 Å². The minimum absolute atomic E-state index is 0.642. The van der Waals surface area contributed by atoms with E-state index in [1.807, 2.05) is 30.5 Å². The Kier molecular flexibility index (Phi) is 5.09. The molecule has 0 aliphatic rings. The molecule has 3 nitrogen and oxygen atoms in total. The molecular weight excluding hydrogens is 308 g/mol. The van der Waals surface area contributed by atoms with Crippen molar-refractivity contribution in [2.45, 2.75) is 32.2 Å². The lowest BCUT2D eigenvalue weighted by Gasteiger charge is -2.11. The molecular formula is C19H19ClN2O. The third kappa shape index (κ3) is 3.30. The number of nitrogens with zero attached hydrogens (tertiary/aromatic N) is 2. The Hall–Kier alpha value is -2.13. The summed E-state index contributed by atoms with van der Waals surface area (Å²) in [6.45, 7) is 0.885. The number of halogens is 1. The van der Waals surface area contributed by atoms with E-state index in [1.54, 1.807) is 6.20 Å². The van der Waals surface area contributed by atoms with Gasteiger partial charge in [-0.25, -0.2) is 0 Å². The summed E-state index contributed by atoms with van der Waals surface area (Å²) in [5, 5.41) is 1.85. The second-order valence-electron chi connectivity index (χ2n) is 5.59. The van der Waals surface area contributed by atoms with E-state index in [2.05, 4.69) is 21.7 Å². The van der Waals surface area contributed by atoms with Gasteiger partial charge in [-0.15, -0.1) is 0 Å². The number of para-hydroxylation sites is 1. The van der Waals surface area contributed by atoms with Crippen LogP contribution in [0.3, 0.4) is 0 Å². The lowest BCUT2D eigenvalue weighted by atomic mass is 10.2. The molecule has 3 rings (SSSR count). The average molecular weight is 327 g/mol. The Morgan fingerprint density at radius 1 is 1.09 bits per heavy atom. The minimum atomic E-state index is 0.642. The molecule has 0 saturated carbocycles. The normalized spacial score (nSPS) is 11.0. The molecule has 3 aromatic rings. The standard InChI is InChI=1S/C19H19ClN2O/c20-18-16-9-3-4-10-17(16)22(12-5-1-2-6-13-23)19(18)15-8-7-11-21-14-15/h3-4,7-11,13-14H,1-2,5-6,12H2. The van der Waals surface area contributed by atoms with Gasteiger partial charge in [0.25, 0.3) is 0 Å². The molecule has 0 saturated heterocycles. The summed E-state index contributed by atoms with van der Waals surface area (Å²) in [4.78, 5) is 14.6. The molecule has 2 aromatic heterocycles. The highest BCUT2D eigenvalue weighted by atomic mass is 35.5. The molecule has 0 unspecified atom stereocenters. The van der Waals surface area contributed by atoms with Gasteiger partial charge in [-0.3, -0.25) is 4.98 Å². The van der Waals surface area contributed by atoms with Crippen LogP contribution in [0.5, 0.6) is 0 Å². The van der Waals surface area contributed by atoms with Crippen molar-refractivity contribution in [2.75, 3.05) is 0 Å². The van der Waals surface area contributed by atoms with E-state index < -0.39 is 0 Å². The molecule has 118 valence electrons. The zero-order valence-electron chi connectivity index (χ0n) is 12.9. The van der Waals surface area contributed by atoms with E-state index in [0.29, 0.717) is 6.42 Å². The maximum absolute atomic E-state index is 10.4. The fourth-order valence-electron chi connectivity index (χ4n) is 2.95. The van der Waals surface area contributed by atoms with Gasteiger partial charge in [-0.2, -0.15) is 0 Å². The maximum Gasteiger partial charge on any atom is 0.119 e. The molecule has 0 atom stereocenters. The van der Waals surface area contributed by atoms with Gasteiger partial charge in [0.15, 0.2) is 0 Å². The third-order valence-corrected chi connectivity index (χ3v) is 4.43. The van der Waals surface area contributed by atoms with Gasteiger partial charge in [0.2, 0.25) is 0 Å². The van der Waals surface area contributed by atoms with Gasteiger partial charge in [0, 0.05) is 36.3 Å². The number of aromatic nitrogens is 2. The van der Waals surface area contributed by atoms with Crippen LogP contribution in [0.4, 0.5) is 0 Å². The Balaban J connectivity index is 1.98. The maximum atomic E-state index is 10.4. The van der Waals surface area contributed by atoms with Crippen molar-refractivity contribution in [3.63, 3.8) is 0 Å². The van der Waals surface area contributed by atoms with Crippen LogP contribution in [0.25, 0.3) is 22.2 Å². The first-order valence-electron chi connectivity index (χ1n) is 7.93. The van der Waals surface area contributed by atoms with Crippen molar-refractivity contribution >= 4 is 28.8 Å². The Labute approximate surface area is 140 Å². The first-order chi connectivity index (χ1) is 11.3. The predicted octanol–water partition coefficient (Wildman–Crippen LogP) is 5.12.